The van der Waals surface area contributed by atoms with Gasteiger partial charge in [-0.1, -0.05) is 30.3 Å². The Bertz CT molecular complexity index is 716. The van der Waals surface area contributed by atoms with E-state index in [1.165, 1.54) is 5.69 Å². The maximum atomic E-state index is 12.6. The minimum absolute atomic E-state index is 0.0554. The molecule has 27 heavy (non-hydrogen) atoms. The lowest BCUT2D eigenvalue weighted by atomic mass is 10.2. The number of rotatable bonds is 7. The van der Waals surface area contributed by atoms with Gasteiger partial charge in [-0.3, -0.25) is 0 Å². The molecular formula is C21H27N3O3. The Hall–Kier alpha value is -2.57. The number of benzene rings is 2. The Morgan fingerprint density at radius 1 is 1.00 bits per heavy atom. The van der Waals surface area contributed by atoms with E-state index in [-0.39, 0.29) is 6.03 Å². The maximum Gasteiger partial charge on any atom is 0.321 e. The number of carbonyl (C=O) groups is 1. The monoisotopic (exact) mass is 369 g/mol. The third-order valence-corrected chi connectivity index (χ3v) is 4.57. The van der Waals surface area contributed by atoms with E-state index in [9.17, 15) is 4.79 Å². The van der Waals surface area contributed by atoms with Gasteiger partial charge in [0, 0.05) is 44.7 Å². The van der Waals surface area contributed by atoms with Gasteiger partial charge < -0.3 is 24.6 Å². The Kier molecular flexibility index (Phi) is 7.07. The second-order valence-corrected chi connectivity index (χ2v) is 6.49. The highest BCUT2D eigenvalue weighted by molar-refractivity contribution is 5.89. The summed E-state index contributed by atoms with van der Waals surface area (Å²) in [5.41, 5.74) is 3.02. The van der Waals surface area contributed by atoms with E-state index in [1.54, 1.807) is 7.11 Å². The van der Waals surface area contributed by atoms with Crippen molar-refractivity contribution in [2.75, 3.05) is 56.7 Å². The van der Waals surface area contributed by atoms with Crippen LogP contribution in [0.5, 0.6) is 0 Å². The van der Waals surface area contributed by atoms with Crippen LogP contribution in [0.4, 0.5) is 16.2 Å². The van der Waals surface area contributed by atoms with Gasteiger partial charge in [-0.25, -0.2) is 4.79 Å². The molecule has 6 nitrogen and oxygen atoms in total. The summed E-state index contributed by atoms with van der Waals surface area (Å²) in [5.74, 6) is 0. The Labute approximate surface area is 160 Å². The minimum atomic E-state index is -0.0554. The number of carbonyl (C=O) groups excluding carboxylic acids is 1. The zero-order valence-corrected chi connectivity index (χ0v) is 15.8. The molecule has 2 aromatic carbocycles. The second kappa shape index (κ2) is 9.94. The van der Waals surface area contributed by atoms with Crippen molar-refractivity contribution >= 4 is 17.4 Å². The van der Waals surface area contributed by atoms with Crippen LogP contribution in [0.3, 0.4) is 0 Å². The lowest BCUT2D eigenvalue weighted by Gasteiger charge is -2.36. The van der Waals surface area contributed by atoms with E-state index in [0.29, 0.717) is 32.9 Å². The lowest BCUT2D eigenvalue weighted by molar-refractivity contribution is 0.0617. The van der Waals surface area contributed by atoms with Crippen molar-refractivity contribution in [3.05, 3.63) is 60.2 Å². The fourth-order valence-corrected chi connectivity index (χ4v) is 3.08. The number of anilines is 2. The topological polar surface area (TPSA) is 54.0 Å². The van der Waals surface area contributed by atoms with Gasteiger partial charge in [-0.05, 0) is 29.8 Å². The summed E-state index contributed by atoms with van der Waals surface area (Å²) in [6, 6.07) is 18.0. The van der Waals surface area contributed by atoms with E-state index >= 15 is 0 Å². The molecule has 0 saturated carbocycles. The van der Waals surface area contributed by atoms with Crippen LogP contribution in [-0.2, 0) is 16.1 Å². The fourth-order valence-electron chi connectivity index (χ4n) is 3.08. The number of piperazine rings is 1. The molecule has 1 saturated heterocycles. The molecule has 2 amide bonds. The highest BCUT2D eigenvalue weighted by Gasteiger charge is 2.21. The fraction of sp³-hybridized carbons (Fsp3) is 0.381. The standard InChI is InChI=1S/C21H27N3O3/c1-26-14-15-27-17-18-6-5-7-19(16-18)22-21(25)24-12-10-23(11-13-24)20-8-3-2-4-9-20/h2-9,16H,10-15,17H2,1H3,(H,22,25). The summed E-state index contributed by atoms with van der Waals surface area (Å²) in [7, 11) is 1.65. The van der Waals surface area contributed by atoms with E-state index in [2.05, 4.69) is 22.3 Å². The number of hydrogen-bond donors (Lipinski definition) is 1. The summed E-state index contributed by atoms with van der Waals surface area (Å²) >= 11 is 0. The van der Waals surface area contributed by atoms with Crippen molar-refractivity contribution in [2.45, 2.75) is 6.61 Å². The van der Waals surface area contributed by atoms with Crippen molar-refractivity contribution < 1.29 is 14.3 Å². The first-order valence-corrected chi connectivity index (χ1v) is 9.28. The summed E-state index contributed by atoms with van der Waals surface area (Å²) in [6.45, 7) is 4.73. The Balaban J connectivity index is 1.48. The molecule has 144 valence electrons. The zero-order valence-electron chi connectivity index (χ0n) is 15.8. The molecule has 3 rings (SSSR count). The molecule has 0 atom stereocenters. The van der Waals surface area contributed by atoms with Gasteiger partial charge in [0.05, 0.1) is 19.8 Å². The number of nitrogens with one attached hydrogen (secondary N) is 1. The Morgan fingerprint density at radius 2 is 1.78 bits per heavy atom. The average molecular weight is 369 g/mol. The quantitative estimate of drug-likeness (QED) is 0.762. The Morgan fingerprint density at radius 3 is 2.52 bits per heavy atom. The molecule has 0 aromatic heterocycles. The molecule has 1 fully saturated rings. The number of amides is 2. The van der Waals surface area contributed by atoms with Gasteiger partial charge in [-0.15, -0.1) is 0 Å². The normalized spacial score (nSPS) is 14.3. The molecule has 1 heterocycles. The number of ether oxygens (including phenoxy) is 2. The molecule has 0 unspecified atom stereocenters. The van der Waals surface area contributed by atoms with Crippen LogP contribution in [0.1, 0.15) is 5.56 Å². The zero-order chi connectivity index (χ0) is 18.9. The van der Waals surface area contributed by atoms with Crippen molar-refractivity contribution in [1.82, 2.24) is 4.90 Å². The highest BCUT2D eigenvalue weighted by Crippen LogP contribution is 2.17. The van der Waals surface area contributed by atoms with E-state index < -0.39 is 0 Å². The third kappa shape index (κ3) is 5.70. The first-order valence-electron chi connectivity index (χ1n) is 9.28. The van der Waals surface area contributed by atoms with Crippen LogP contribution < -0.4 is 10.2 Å². The lowest BCUT2D eigenvalue weighted by Crippen LogP contribution is -2.50. The van der Waals surface area contributed by atoms with Gasteiger partial charge >= 0.3 is 6.03 Å². The highest BCUT2D eigenvalue weighted by atomic mass is 16.5. The van der Waals surface area contributed by atoms with E-state index in [4.69, 9.17) is 9.47 Å². The average Bonchev–Trinajstić information content (AvgIpc) is 2.72. The summed E-state index contributed by atoms with van der Waals surface area (Å²) in [6.07, 6.45) is 0. The SMILES string of the molecule is COCCOCc1cccc(NC(=O)N2CCN(c3ccccc3)CC2)c1. The first kappa shape index (κ1) is 19.2. The molecule has 1 aliphatic heterocycles. The van der Waals surface area contributed by atoms with Crippen LogP contribution in [0.25, 0.3) is 0 Å². The van der Waals surface area contributed by atoms with Crippen molar-refractivity contribution in [3.63, 3.8) is 0 Å². The maximum absolute atomic E-state index is 12.6. The van der Waals surface area contributed by atoms with Crippen LogP contribution in [0.2, 0.25) is 0 Å². The van der Waals surface area contributed by atoms with Crippen LogP contribution in [-0.4, -0.2) is 57.4 Å². The van der Waals surface area contributed by atoms with Crippen molar-refractivity contribution in [1.29, 1.82) is 0 Å². The summed E-state index contributed by atoms with van der Waals surface area (Å²) < 4.78 is 10.5. The molecule has 0 bridgehead atoms. The number of nitrogens with zero attached hydrogens (tertiary/aromatic N) is 2. The first-order chi connectivity index (χ1) is 13.3. The molecule has 0 spiro atoms. The van der Waals surface area contributed by atoms with Crippen LogP contribution in [0, 0.1) is 0 Å². The van der Waals surface area contributed by atoms with Gasteiger partial charge in [0.15, 0.2) is 0 Å². The minimum Gasteiger partial charge on any atom is -0.382 e. The largest absolute Gasteiger partial charge is 0.382 e. The second-order valence-electron chi connectivity index (χ2n) is 6.49. The van der Waals surface area contributed by atoms with E-state index in [1.807, 2.05) is 47.4 Å². The van der Waals surface area contributed by atoms with E-state index in [0.717, 1.165) is 24.3 Å². The molecule has 0 aliphatic carbocycles. The van der Waals surface area contributed by atoms with Gasteiger partial charge in [0.25, 0.3) is 0 Å². The van der Waals surface area contributed by atoms with Crippen LogP contribution in [0.15, 0.2) is 54.6 Å². The number of urea groups is 1. The summed E-state index contributed by atoms with van der Waals surface area (Å²) in [5, 5.41) is 3.00. The van der Waals surface area contributed by atoms with Gasteiger partial charge in [0.2, 0.25) is 0 Å². The smallest absolute Gasteiger partial charge is 0.321 e. The van der Waals surface area contributed by atoms with Crippen LogP contribution >= 0.6 is 0 Å². The predicted octanol–water partition coefficient (Wildman–Crippen LogP) is 3.20. The number of hydrogen-bond acceptors (Lipinski definition) is 4. The molecule has 2 aromatic rings. The summed E-state index contributed by atoms with van der Waals surface area (Å²) in [4.78, 5) is 16.7. The number of methoxy groups -OCH3 is 1. The van der Waals surface area contributed by atoms with Gasteiger partial charge in [-0.2, -0.15) is 0 Å². The molecular weight excluding hydrogens is 342 g/mol. The molecule has 0 radical (unpaired) electrons. The third-order valence-electron chi connectivity index (χ3n) is 4.57. The predicted molar refractivity (Wildman–Crippen MR) is 107 cm³/mol. The van der Waals surface area contributed by atoms with Crippen molar-refractivity contribution in [2.24, 2.45) is 0 Å². The molecule has 1 aliphatic rings. The molecule has 6 heteroatoms. The number of para-hydroxylation sites is 1. The van der Waals surface area contributed by atoms with Gasteiger partial charge in [0.1, 0.15) is 0 Å². The van der Waals surface area contributed by atoms with Crippen molar-refractivity contribution in [3.8, 4) is 0 Å². The molecule has 1 N–H and O–H groups in total.